The van der Waals surface area contributed by atoms with Crippen LogP contribution in [0.25, 0.3) is 21.2 Å². The Bertz CT molecular complexity index is 1570. The van der Waals surface area contributed by atoms with Crippen molar-refractivity contribution in [2.75, 3.05) is 11.9 Å². The minimum Gasteiger partial charge on any atom is -0.447 e. The summed E-state index contributed by atoms with van der Waals surface area (Å²) in [6, 6.07) is 9.06. The van der Waals surface area contributed by atoms with Crippen LogP contribution in [0.3, 0.4) is 0 Å². The largest absolute Gasteiger partial charge is 0.447 e. The molecule has 2 aromatic heterocycles. The van der Waals surface area contributed by atoms with Crippen molar-refractivity contribution in [3.05, 3.63) is 78.0 Å². The Morgan fingerprint density at radius 3 is 2.36 bits per heavy atom. The van der Waals surface area contributed by atoms with Crippen LogP contribution >= 0.6 is 11.3 Å². The van der Waals surface area contributed by atoms with Crippen molar-refractivity contribution in [2.45, 2.75) is 44.7 Å². The lowest BCUT2D eigenvalue weighted by molar-refractivity contribution is -0.137. The van der Waals surface area contributed by atoms with Crippen molar-refractivity contribution in [2.24, 2.45) is 0 Å². The van der Waals surface area contributed by atoms with Gasteiger partial charge in [0.15, 0.2) is 5.13 Å². The van der Waals surface area contributed by atoms with Crippen LogP contribution in [-0.2, 0) is 15.7 Å². The highest BCUT2D eigenvalue weighted by Gasteiger charge is 2.32. The van der Waals surface area contributed by atoms with Crippen molar-refractivity contribution >= 4 is 39.4 Å². The normalized spacial score (nSPS) is 13.3. The van der Waals surface area contributed by atoms with Gasteiger partial charge in [0.2, 0.25) is 5.95 Å². The molecule has 0 aliphatic heterocycles. The first-order chi connectivity index (χ1) is 19.7. The fourth-order valence-corrected chi connectivity index (χ4v) is 4.59. The number of carbonyl (C=O) groups is 2. The summed E-state index contributed by atoms with van der Waals surface area (Å²) in [6.45, 7) is 4.30. The topological polar surface area (TPSA) is 123 Å². The van der Waals surface area contributed by atoms with Crippen LogP contribution in [0.1, 0.15) is 38.0 Å². The molecule has 0 fully saturated rings. The molecule has 0 bridgehead atoms. The van der Waals surface area contributed by atoms with Crippen LogP contribution in [0.15, 0.2) is 60.9 Å². The Labute approximate surface area is 241 Å². The average molecular weight is 607 g/mol. The van der Waals surface area contributed by atoms with Gasteiger partial charge in [-0.15, -0.1) is 0 Å². The van der Waals surface area contributed by atoms with E-state index in [1.165, 1.54) is 18.5 Å². The second-order valence-corrected chi connectivity index (χ2v) is 11.2. The number of hydrogen-bond donors (Lipinski definition) is 3. The number of pyridine rings is 1. The van der Waals surface area contributed by atoms with Gasteiger partial charge in [-0.05, 0) is 55.5 Å². The molecule has 4 rings (SSSR count). The summed E-state index contributed by atoms with van der Waals surface area (Å²) in [5.41, 5.74) is -1.02. The van der Waals surface area contributed by atoms with Crippen molar-refractivity contribution in [3.8, 4) is 10.4 Å². The minimum atomic E-state index is -4.57. The number of halogens is 4. The molecular weight excluding hydrogens is 580 g/mol. The molecule has 4 aromatic rings. The molecule has 2 amide bonds. The number of fused-ring (bicyclic) bond motifs is 1. The number of ether oxygens (including phenoxy) is 2. The molecule has 2 atom stereocenters. The third-order valence-corrected chi connectivity index (χ3v) is 6.71. The lowest BCUT2D eigenvalue weighted by Crippen LogP contribution is -2.45. The first-order valence-corrected chi connectivity index (χ1v) is 13.3. The number of carbonyl (C=O) groups excluding carboxylic acids is 2. The van der Waals surface area contributed by atoms with Crippen LogP contribution < -0.4 is 10.6 Å². The van der Waals surface area contributed by atoms with Crippen LogP contribution in [0.2, 0.25) is 0 Å². The van der Waals surface area contributed by atoms with E-state index >= 15 is 0 Å². The maximum absolute atomic E-state index is 13.5. The third-order valence-electron chi connectivity index (χ3n) is 5.74. The predicted octanol–water partition coefficient (Wildman–Crippen LogP) is 6.69. The summed E-state index contributed by atoms with van der Waals surface area (Å²) >= 11 is 1.12. The number of benzene rings is 2. The maximum atomic E-state index is 13.5. The van der Waals surface area contributed by atoms with Gasteiger partial charge >= 0.3 is 18.4 Å². The van der Waals surface area contributed by atoms with Crippen molar-refractivity contribution in [1.29, 1.82) is 0 Å². The molecule has 2 aromatic carbocycles. The second kappa shape index (κ2) is 12.3. The van der Waals surface area contributed by atoms with E-state index in [-0.39, 0.29) is 10.7 Å². The second-order valence-electron chi connectivity index (χ2n) is 10.1. The molecule has 42 heavy (non-hydrogen) atoms. The molecule has 3 N–H and O–H groups in total. The van der Waals surface area contributed by atoms with Gasteiger partial charge in [0, 0.05) is 23.8 Å². The van der Waals surface area contributed by atoms with Crippen molar-refractivity contribution < 1.29 is 41.7 Å². The van der Waals surface area contributed by atoms with E-state index in [0.717, 1.165) is 46.6 Å². The molecule has 0 aliphatic carbocycles. The van der Waals surface area contributed by atoms with Crippen LogP contribution in [0.4, 0.5) is 32.3 Å². The predicted molar refractivity (Wildman–Crippen MR) is 147 cm³/mol. The fraction of sp³-hybridized carbons (Fsp3) is 0.286. The number of aromatic nitrogens is 2. The molecule has 0 radical (unpaired) electrons. The Morgan fingerprint density at radius 1 is 0.976 bits per heavy atom. The number of alkyl halides is 3. The summed E-state index contributed by atoms with van der Waals surface area (Å²) in [7, 11) is 0. The maximum Gasteiger partial charge on any atom is 0.416 e. The summed E-state index contributed by atoms with van der Waals surface area (Å²) in [5, 5.41) is 17.3. The lowest BCUT2D eigenvalue weighted by Gasteiger charge is -2.26. The number of aliphatic hydroxyl groups excluding tert-OH is 1. The Kier molecular flexibility index (Phi) is 8.97. The highest BCUT2D eigenvalue weighted by molar-refractivity contribution is 7.19. The van der Waals surface area contributed by atoms with Crippen LogP contribution in [0.5, 0.6) is 0 Å². The summed E-state index contributed by atoms with van der Waals surface area (Å²) < 4.78 is 62.8. The van der Waals surface area contributed by atoms with Gasteiger partial charge in [0.05, 0.1) is 16.5 Å². The molecule has 0 unspecified atom stereocenters. The zero-order chi connectivity index (χ0) is 30.7. The van der Waals surface area contributed by atoms with E-state index in [9.17, 15) is 32.3 Å². The monoisotopic (exact) mass is 606 g/mol. The van der Waals surface area contributed by atoms with Crippen LogP contribution in [0, 0.1) is 5.95 Å². The molecule has 9 nitrogen and oxygen atoms in total. The van der Waals surface area contributed by atoms with E-state index < -0.39 is 54.2 Å². The van der Waals surface area contributed by atoms with E-state index in [0.29, 0.717) is 10.3 Å². The number of nitrogens with zero attached hydrogens (tertiary/aromatic N) is 2. The van der Waals surface area contributed by atoms with Crippen molar-refractivity contribution in [3.63, 3.8) is 0 Å². The van der Waals surface area contributed by atoms with Crippen LogP contribution in [-0.4, -0.2) is 45.5 Å². The summed E-state index contributed by atoms with van der Waals surface area (Å²) in [5.74, 6) is -0.614. The van der Waals surface area contributed by atoms with Gasteiger partial charge in [-0.1, -0.05) is 35.6 Å². The minimum absolute atomic E-state index is 0.0451. The first kappa shape index (κ1) is 30.7. The molecule has 14 heteroatoms. The van der Waals surface area contributed by atoms with Gasteiger partial charge in [0.25, 0.3) is 0 Å². The average Bonchev–Trinajstić information content (AvgIpc) is 3.37. The number of amides is 2. The number of anilines is 1. The molecule has 2 heterocycles. The van der Waals surface area contributed by atoms with Gasteiger partial charge in [0.1, 0.15) is 18.3 Å². The number of nitrogens with one attached hydrogen (secondary N) is 2. The number of thiazole rings is 1. The Hall–Kier alpha value is -4.30. The third kappa shape index (κ3) is 8.13. The zero-order valence-electron chi connectivity index (χ0n) is 22.5. The standard InChI is InChI=1S/C28H26F4N4O5S/c1-27(2,3)41-26(39)35-20(23(37)15-6-8-19(9-7-15)28(30,31)32)14-40-25(38)36-24-34-13-21(42-24)16-4-5-17-12-33-22(29)11-18(17)10-16/h4-13,20,23,37H,14H2,1-3H3,(H,35,39)(H,34,36,38)/t20-,23+/m1/s1. The molecule has 0 spiro atoms. The highest BCUT2D eigenvalue weighted by Crippen LogP contribution is 2.32. The quantitative estimate of drug-likeness (QED) is 0.158. The number of aliphatic hydroxyl groups is 1. The number of alkyl carbamates (subject to hydrolysis) is 1. The van der Waals surface area contributed by atoms with E-state index in [1.54, 1.807) is 39.0 Å². The van der Waals surface area contributed by atoms with E-state index in [4.69, 9.17) is 9.47 Å². The van der Waals surface area contributed by atoms with Gasteiger partial charge < -0.3 is 19.9 Å². The number of hydrogen-bond acceptors (Lipinski definition) is 8. The molecule has 0 saturated carbocycles. The lowest BCUT2D eigenvalue weighted by atomic mass is 10.0. The molecular formula is C28H26F4N4O5S. The Balaban J connectivity index is 1.43. The Morgan fingerprint density at radius 2 is 1.69 bits per heavy atom. The SMILES string of the molecule is CC(C)(C)OC(=O)N[C@H](COC(=O)Nc1ncc(-c2ccc3cnc(F)cc3c2)s1)[C@@H](O)c1ccc(C(F)(F)F)cc1. The molecule has 0 saturated heterocycles. The van der Waals surface area contributed by atoms with Crippen molar-refractivity contribution in [1.82, 2.24) is 15.3 Å². The fourth-order valence-electron chi connectivity index (χ4n) is 3.79. The first-order valence-electron chi connectivity index (χ1n) is 12.5. The highest BCUT2D eigenvalue weighted by atomic mass is 32.1. The van der Waals surface area contributed by atoms with Gasteiger partial charge in [-0.2, -0.15) is 17.6 Å². The molecule has 0 aliphatic rings. The van der Waals surface area contributed by atoms with E-state index in [2.05, 4.69) is 20.6 Å². The summed E-state index contributed by atoms with van der Waals surface area (Å²) in [4.78, 5) is 33.4. The summed E-state index contributed by atoms with van der Waals surface area (Å²) in [6.07, 6.45) is -5.08. The zero-order valence-corrected chi connectivity index (χ0v) is 23.3. The van der Waals surface area contributed by atoms with Gasteiger partial charge in [-0.25, -0.2) is 19.6 Å². The molecule has 222 valence electrons. The number of rotatable bonds is 7. The smallest absolute Gasteiger partial charge is 0.416 e. The van der Waals surface area contributed by atoms with Gasteiger partial charge in [-0.3, -0.25) is 5.32 Å². The van der Waals surface area contributed by atoms with E-state index in [1.807, 2.05) is 0 Å².